The first-order valence-corrected chi connectivity index (χ1v) is 8.72. The number of esters is 1. The molecule has 5 heteroatoms. The molecule has 26 heavy (non-hydrogen) atoms. The van der Waals surface area contributed by atoms with Gasteiger partial charge in [-0.15, -0.1) is 0 Å². The number of nitrogens with zero attached hydrogens (tertiary/aromatic N) is 1. The van der Waals surface area contributed by atoms with E-state index in [0.717, 1.165) is 15.6 Å². The lowest BCUT2D eigenvalue weighted by molar-refractivity contribution is 0.0734. The Morgan fingerprint density at radius 1 is 1.04 bits per heavy atom. The van der Waals surface area contributed by atoms with E-state index in [1.807, 2.05) is 13.0 Å². The molecule has 0 aromatic heterocycles. The van der Waals surface area contributed by atoms with Crippen LogP contribution in [0.3, 0.4) is 0 Å². The molecule has 1 N–H and O–H groups in total. The molecule has 0 saturated carbocycles. The monoisotopic (exact) mass is 409 g/mol. The van der Waals surface area contributed by atoms with Crippen LogP contribution in [0.15, 0.2) is 76.2 Å². The van der Waals surface area contributed by atoms with Gasteiger partial charge in [-0.2, -0.15) is 0 Å². The van der Waals surface area contributed by atoms with Crippen LogP contribution in [0.4, 0.5) is 5.69 Å². The molecule has 0 fully saturated rings. The lowest BCUT2D eigenvalue weighted by Gasteiger charge is -2.05. The van der Waals surface area contributed by atoms with Gasteiger partial charge in [-0.25, -0.2) is 4.79 Å². The smallest absolute Gasteiger partial charge is 0.343 e. The second-order valence-electron chi connectivity index (χ2n) is 5.72. The maximum Gasteiger partial charge on any atom is 0.343 e. The van der Waals surface area contributed by atoms with Crippen molar-refractivity contribution in [2.24, 2.45) is 4.99 Å². The van der Waals surface area contributed by atoms with Crippen LogP contribution in [0.1, 0.15) is 21.5 Å². The fraction of sp³-hybridized carbons (Fsp3) is 0.0476. The zero-order valence-corrected chi connectivity index (χ0v) is 15.6. The number of halogens is 1. The van der Waals surface area contributed by atoms with E-state index in [0.29, 0.717) is 17.0 Å². The van der Waals surface area contributed by atoms with E-state index >= 15 is 0 Å². The van der Waals surface area contributed by atoms with Crippen LogP contribution in [-0.4, -0.2) is 17.3 Å². The third-order valence-electron chi connectivity index (χ3n) is 3.65. The molecule has 0 saturated heterocycles. The molecule has 3 aromatic rings. The number of hydrogen-bond acceptors (Lipinski definition) is 4. The topological polar surface area (TPSA) is 58.9 Å². The highest BCUT2D eigenvalue weighted by Gasteiger charge is 2.08. The number of carbonyl (C=O) groups excluding carboxylic acids is 1. The molecule has 0 aliphatic rings. The molecule has 0 radical (unpaired) electrons. The maximum atomic E-state index is 12.1. The number of rotatable bonds is 4. The zero-order valence-electron chi connectivity index (χ0n) is 14.0. The molecular weight excluding hydrogens is 394 g/mol. The molecule has 0 unspecified atom stereocenters. The quantitative estimate of drug-likeness (QED) is 0.354. The Hall–Kier alpha value is -2.92. The van der Waals surface area contributed by atoms with Crippen molar-refractivity contribution in [3.8, 4) is 11.5 Å². The average Bonchev–Trinajstić information content (AvgIpc) is 2.63. The van der Waals surface area contributed by atoms with Gasteiger partial charge in [-0.3, -0.25) is 4.99 Å². The van der Waals surface area contributed by atoms with Crippen LogP contribution in [0.5, 0.6) is 11.5 Å². The van der Waals surface area contributed by atoms with Gasteiger partial charge in [0.05, 0.1) is 5.56 Å². The molecule has 130 valence electrons. The van der Waals surface area contributed by atoms with Gasteiger partial charge in [-0.05, 0) is 78.7 Å². The Morgan fingerprint density at radius 2 is 1.73 bits per heavy atom. The number of benzene rings is 3. The first-order valence-electron chi connectivity index (χ1n) is 7.93. The summed E-state index contributed by atoms with van der Waals surface area (Å²) in [5.41, 5.74) is 2.78. The average molecular weight is 410 g/mol. The van der Waals surface area contributed by atoms with Crippen molar-refractivity contribution >= 4 is 33.8 Å². The van der Waals surface area contributed by atoms with E-state index in [1.54, 1.807) is 66.9 Å². The minimum absolute atomic E-state index is 0.140. The molecule has 4 nitrogen and oxygen atoms in total. The van der Waals surface area contributed by atoms with Crippen molar-refractivity contribution in [3.63, 3.8) is 0 Å². The summed E-state index contributed by atoms with van der Waals surface area (Å²) in [5, 5.41) is 9.86. The van der Waals surface area contributed by atoms with Crippen LogP contribution >= 0.6 is 15.9 Å². The first kappa shape index (κ1) is 17.9. The van der Waals surface area contributed by atoms with E-state index in [2.05, 4.69) is 20.9 Å². The van der Waals surface area contributed by atoms with Crippen molar-refractivity contribution < 1.29 is 14.6 Å². The number of hydrogen-bond donors (Lipinski definition) is 1. The number of aliphatic imine (C=N–C) groups is 1. The summed E-state index contributed by atoms with van der Waals surface area (Å²) in [6.07, 6.45) is 1.64. The van der Waals surface area contributed by atoms with Crippen LogP contribution in [0.2, 0.25) is 0 Å². The van der Waals surface area contributed by atoms with Gasteiger partial charge in [-0.1, -0.05) is 22.0 Å². The highest BCUT2D eigenvalue weighted by atomic mass is 79.9. The summed E-state index contributed by atoms with van der Waals surface area (Å²) in [6, 6.07) is 19.3. The molecule has 3 aromatic carbocycles. The second kappa shape index (κ2) is 7.97. The lowest BCUT2D eigenvalue weighted by atomic mass is 10.2. The van der Waals surface area contributed by atoms with E-state index < -0.39 is 5.97 Å². The molecule has 0 spiro atoms. The van der Waals surface area contributed by atoms with Gasteiger partial charge in [0, 0.05) is 10.7 Å². The third kappa shape index (κ3) is 4.58. The van der Waals surface area contributed by atoms with E-state index in [9.17, 15) is 9.90 Å². The molecular formula is C21H16BrNO3. The van der Waals surface area contributed by atoms with Gasteiger partial charge >= 0.3 is 5.97 Å². The minimum atomic E-state index is -0.413. The molecule has 0 heterocycles. The van der Waals surface area contributed by atoms with E-state index in [4.69, 9.17) is 4.74 Å². The summed E-state index contributed by atoms with van der Waals surface area (Å²) in [5.74, 6) is 0.179. The number of aryl methyl sites for hydroxylation is 1. The largest absolute Gasteiger partial charge is 0.506 e. The first-order chi connectivity index (χ1) is 12.5. The highest BCUT2D eigenvalue weighted by Crippen LogP contribution is 2.26. The SMILES string of the molecule is Cc1ccc(N=Cc2ccc(OC(=O)c3ccc(Br)cc3)cc2)c(O)c1. The van der Waals surface area contributed by atoms with Crippen molar-refractivity contribution in [2.75, 3.05) is 0 Å². The summed E-state index contributed by atoms with van der Waals surface area (Å²) in [6.45, 7) is 1.90. The summed E-state index contributed by atoms with van der Waals surface area (Å²) >= 11 is 3.33. The lowest BCUT2D eigenvalue weighted by Crippen LogP contribution is -2.08. The van der Waals surface area contributed by atoms with E-state index in [-0.39, 0.29) is 5.75 Å². The predicted molar refractivity (Wildman–Crippen MR) is 106 cm³/mol. The third-order valence-corrected chi connectivity index (χ3v) is 4.18. The van der Waals surface area contributed by atoms with Crippen LogP contribution in [-0.2, 0) is 0 Å². The van der Waals surface area contributed by atoms with Gasteiger partial charge in [0.2, 0.25) is 0 Å². The van der Waals surface area contributed by atoms with Crippen molar-refractivity contribution in [2.45, 2.75) is 6.92 Å². The number of carbonyl (C=O) groups is 1. The van der Waals surface area contributed by atoms with Crippen molar-refractivity contribution in [1.29, 1.82) is 0 Å². The second-order valence-corrected chi connectivity index (χ2v) is 6.63. The van der Waals surface area contributed by atoms with Crippen LogP contribution in [0, 0.1) is 6.92 Å². The van der Waals surface area contributed by atoms with Gasteiger partial charge in [0.1, 0.15) is 17.2 Å². The Kier molecular flexibility index (Phi) is 5.49. The predicted octanol–water partition coefficient (Wildman–Crippen LogP) is 5.43. The Morgan fingerprint density at radius 3 is 2.38 bits per heavy atom. The molecule has 0 bridgehead atoms. The number of phenolic OH excluding ortho intramolecular Hbond substituents is 1. The van der Waals surface area contributed by atoms with Gasteiger partial charge in [0.15, 0.2) is 0 Å². The zero-order chi connectivity index (χ0) is 18.5. The van der Waals surface area contributed by atoms with Crippen LogP contribution < -0.4 is 4.74 Å². The minimum Gasteiger partial charge on any atom is -0.506 e. The summed E-state index contributed by atoms with van der Waals surface area (Å²) < 4.78 is 6.25. The fourth-order valence-corrected chi connectivity index (χ4v) is 2.52. The molecule has 3 rings (SSSR count). The fourth-order valence-electron chi connectivity index (χ4n) is 2.26. The van der Waals surface area contributed by atoms with Gasteiger partial charge in [0.25, 0.3) is 0 Å². The van der Waals surface area contributed by atoms with Gasteiger partial charge < -0.3 is 9.84 Å². The van der Waals surface area contributed by atoms with E-state index in [1.165, 1.54) is 0 Å². The Bertz CT molecular complexity index is 948. The highest BCUT2D eigenvalue weighted by molar-refractivity contribution is 9.10. The van der Waals surface area contributed by atoms with Crippen LogP contribution in [0.25, 0.3) is 0 Å². The van der Waals surface area contributed by atoms with Crippen molar-refractivity contribution in [1.82, 2.24) is 0 Å². The molecule has 0 amide bonds. The van der Waals surface area contributed by atoms with Crippen molar-refractivity contribution in [3.05, 3.63) is 87.9 Å². The Labute approximate surface area is 159 Å². The Balaban J connectivity index is 1.67. The summed E-state index contributed by atoms with van der Waals surface area (Å²) in [7, 11) is 0. The number of phenols is 1. The summed E-state index contributed by atoms with van der Waals surface area (Å²) in [4.78, 5) is 16.4. The molecule has 0 atom stereocenters. The normalized spacial score (nSPS) is 10.8. The molecule has 0 aliphatic heterocycles. The maximum absolute atomic E-state index is 12.1. The standard InChI is InChI=1S/C21H16BrNO3/c1-14-2-11-19(20(24)12-14)23-13-15-3-9-18(10-4-15)26-21(25)16-5-7-17(22)8-6-16/h2-13,24H,1H3. The molecule has 0 aliphatic carbocycles. The number of aromatic hydroxyl groups is 1. The number of ether oxygens (including phenoxy) is 1.